The fraction of sp³-hybridized carbons (Fsp3) is 0.125. The molecule has 0 bridgehead atoms. The van der Waals surface area contributed by atoms with Gasteiger partial charge in [-0.3, -0.25) is 19.7 Å². The zero-order valence-corrected chi connectivity index (χ0v) is 17.6. The fourth-order valence-corrected chi connectivity index (χ4v) is 3.72. The third-order valence-corrected chi connectivity index (χ3v) is 5.60. The molecule has 168 valence electrons. The van der Waals surface area contributed by atoms with Crippen molar-refractivity contribution in [2.24, 2.45) is 0 Å². The van der Waals surface area contributed by atoms with Crippen LogP contribution in [0.2, 0.25) is 5.02 Å². The number of halogens is 4. The first kappa shape index (κ1) is 22.7. The lowest BCUT2D eigenvalue weighted by Crippen LogP contribution is -2.66. The third-order valence-electron chi connectivity index (χ3n) is 5.34. The summed E-state index contributed by atoms with van der Waals surface area (Å²) >= 11 is 5.89. The van der Waals surface area contributed by atoms with Crippen LogP contribution in [0.3, 0.4) is 0 Å². The van der Waals surface area contributed by atoms with Crippen LogP contribution in [0.5, 0.6) is 0 Å². The Balaban J connectivity index is 1.66. The number of benzene rings is 3. The Labute approximate surface area is 191 Å². The maximum atomic E-state index is 13.3. The van der Waals surface area contributed by atoms with E-state index in [1.807, 2.05) is 0 Å². The zero-order valence-electron chi connectivity index (χ0n) is 16.9. The number of amides is 1. The molecule has 0 saturated carbocycles. The number of carbonyl (C=O) groups excluding carboxylic acids is 3. The highest BCUT2D eigenvalue weighted by molar-refractivity contribution is 6.33. The monoisotopic (exact) mass is 472 g/mol. The van der Waals surface area contributed by atoms with E-state index in [1.54, 1.807) is 36.4 Å². The number of hydrogen-bond donors (Lipinski definition) is 2. The predicted octanol–water partition coefficient (Wildman–Crippen LogP) is 4.65. The van der Waals surface area contributed by atoms with Gasteiger partial charge < -0.3 is 5.32 Å². The Bertz CT molecular complexity index is 1200. The molecule has 9 heteroatoms. The molecule has 4 rings (SSSR count). The minimum atomic E-state index is -4.56. The van der Waals surface area contributed by atoms with Gasteiger partial charge in [-0.15, -0.1) is 0 Å². The summed E-state index contributed by atoms with van der Waals surface area (Å²) in [5, 5.41) is 5.80. The average molecular weight is 473 g/mol. The highest BCUT2D eigenvalue weighted by Gasteiger charge is 2.54. The van der Waals surface area contributed by atoms with Crippen LogP contribution in [0, 0.1) is 0 Å². The van der Waals surface area contributed by atoms with Gasteiger partial charge in [0.25, 0.3) is 5.91 Å². The summed E-state index contributed by atoms with van der Waals surface area (Å²) in [5.74, 6) is -2.18. The minimum Gasteiger partial charge on any atom is -0.321 e. The molecule has 1 amide bonds. The van der Waals surface area contributed by atoms with Crippen LogP contribution in [0.1, 0.15) is 42.2 Å². The number of fused-ring (bicyclic) bond motifs is 1. The van der Waals surface area contributed by atoms with Crippen molar-refractivity contribution in [1.29, 1.82) is 0 Å². The van der Waals surface area contributed by atoms with Crippen molar-refractivity contribution in [3.8, 4) is 0 Å². The molecule has 1 aliphatic rings. The molecule has 0 unspecified atom stereocenters. The molecule has 3 aromatic rings. The number of Topliss-reactive ketones (excluding diaryl/α,β-unsaturated/α-hetero) is 2. The second-order valence-electron chi connectivity index (χ2n) is 7.46. The maximum absolute atomic E-state index is 13.3. The SMILES string of the molecule is O=C(NC1(NCc2ccc(Cl)cc2)C(=O)c2ccccc2C1=O)c1ccc(C(F)(F)F)cc1. The van der Waals surface area contributed by atoms with Gasteiger partial charge in [-0.05, 0) is 42.0 Å². The van der Waals surface area contributed by atoms with E-state index >= 15 is 0 Å². The fourth-order valence-electron chi connectivity index (χ4n) is 3.59. The smallest absolute Gasteiger partial charge is 0.321 e. The number of nitrogens with one attached hydrogen (secondary N) is 2. The zero-order chi connectivity index (χ0) is 23.8. The van der Waals surface area contributed by atoms with Crippen LogP contribution in [0.4, 0.5) is 13.2 Å². The van der Waals surface area contributed by atoms with Crippen molar-refractivity contribution in [3.63, 3.8) is 0 Å². The Hall–Kier alpha value is -3.49. The van der Waals surface area contributed by atoms with E-state index in [-0.39, 0.29) is 23.2 Å². The van der Waals surface area contributed by atoms with Crippen LogP contribution in [-0.2, 0) is 12.7 Å². The van der Waals surface area contributed by atoms with Crippen LogP contribution in [0.25, 0.3) is 0 Å². The van der Waals surface area contributed by atoms with Gasteiger partial charge in [0, 0.05) is 28.3 Å². The second kappa shape index (κ2) is 8.46. The minimum absolute atomic E-state index is 0.0376. The van der Waals surface area contributed by atoms with Crippen LogP contribution in [-0.4, -0.2) is 23.1 Å². The number of ketones is 2. The maximum Gasteiger partial charge on any atom is 0.416 e. The summed E-state index contributed by atoms with van der Waals surface area (Å²) in [6.45, 7) is 0.0376. The molecule has 3 aromatic carbocycles. The van der Waals surface area contributed by atoms with Gasteiger partial charge in [-0.25, -0.2) is 0 Å². The van der Waals surface area contributed by atoms with Crippen molar-refractivity contribution >= 4 is 29.1 Å². The van der Waals surface area contributed by atoms with E-state index in [0.29, 0.717) is 10.6 Å². The van der Waals surface area contributed by atoms with E-state index < -0.39 is 34.9 Å². The molecule has 0 heterocycles. The van der Waals surface area contributed by atoms with E-state index in [9.17, 15) is 27.6 Å². The van der Waals surface area contributed by atoms with Gasteiger partial charge in [0.2, 0.25) is 17.2 Å². The third kappa shape index (κ3) is 4.27. The first-order chi connectivity index (χ1) is 15.6. The number of rotatable bonds is 5. The molecule has 5 nitrogen and oxygen atoms in total. The van der Waals surface area contributed by atoms with E-state index in [0.717, 1.165) is 24.3 Å². The molecule has 0 atom stereocenters. The first-order valence-electron chi connectivity index (χ1n) is 9.80. The molecular weight excluding hydrogens is 457 g/mol. The Morgan fingerprint density at radius 3 is 1.91 bits per heavy atom. The second-order valence-corrected chi connectivity index (χ2v) is 7.90. The Morgan fingerprint density at radius 2 is 1.39 bits per heavy atom. The number of alkyl halides is 3. The normalized spacial score (nSPS) is 14.8. The highest BCUT2D eigenvalue weighted by atomic mass is 35.5. The predicted molar refractivity (Wildman–Crippen MR) is 115 cm³/mol. The van der Waals surface area contributed by atoms with E-state index in [4.69, 9.17) is 11.6 Å². The summed E-state index contributed by atoms with van der Waals surface area (Å²) in [6, 6.07) is 16.3. The molecule has 0 spiro atoms. The Kier molecular flexibility index (Phi) is 5.82. The van der Waals surface area contributed by atoms with E-state index in [2.05, 4.69) is 10.6 Å². The number of hydrogen-bond acceptors (Lipinski definition) is 4. The molecule has 0 saturated heterocycles. The lowest BCUT2D eigenvalue weighted by Gasteiger charge is -2.28. The standard InChI is InChI=1S/C24H16ClF3N2O3/c25-17-11-5-14(6-12-17)13-29-23(20(31)18-3-1-2-4-19(18)21(23)32)30-22(33)15-7-9-16(10-8-15)24(26,27)28/h1-12,29H,13H2,(H,30,33). The van der Waals surface area contributed by atoms with Crippen LogP contribution >= 0.6 is 11.6 Å². The summed E-state index contributed by atoms with van der Waals surface area (Å²) in [6.07, 6.45) is -4.56. The van der Waals surface area contributed by atoms with E-state index in [1.165, 1.54) is 12.1 Å². The lowest BCUT2D eigenvalue weighted by atomic mass is 10.0. The van der Waals surface area contributed by atoms with Gasteiger partial charge in [-0.1, -0.05) is 48.0 Å². The highest BCUT2D eigenvalue weighted by Crippen LogP contribution is 2.31. The number of carbonyl (C=O) groups is 3. The molecule has 0 aromatic heterocycles. The van der Waals surface area contributed by atoms with Crippen molar-refractivity contribution in [2.45, 2.75) is 18.4 Å². The molecule has 1 aliphatic carbocycles. The van der Waals surface area contributed by atoms with Crippen LogP contribution in [0.15, 0.2) is 72.8 Å². The van der Waals surface area contributed by atoms with Gasteiger partial charge >= 0.3 is 6.18 Å². The molecule has 0 radical (unpaired) electrons. The van der Waals surface area contributed by atoms with Gasteiger partial charge in [0.05, 0.1) is 5.56 Å². The topological polar surface area (TPSA) is 75.3 Å². The van der Waals surface area contributed by atoms with Gasteiger partial charge in [0.15, 0.2) is 0 Å². The molecular formula is C24H16ClF3N2O3. The van der Waals surface area contributed by atoms with Gasteiger partial charge in [0.1, 0.15) is 0 Å². The summed E-state index contributed by atoms with van der Waals surface area (Å²) in [7, 11) is 0. The lowest BCUT2D eigenvalue weighted by molar-refractivity contribution is -0.137. The van der Waals surface area contributed by atoms with Crippen molar-refractivity contribution in [2.75, 3.05) is 0 Å². The Morgan fingerprint density at radius 1 is 0.848 bits per heavy atom. The van der Waals surface area contributed by atoms with Gasteiger partial charge in [-0.2, -0.15) is 13.2 Å². The summed E-state index contributed by atoms with van der Waals surface area (Å²) in [4.78, 5) is 39.5. The summed E-state index contributed by atoms with van der Waals surface area (Å²) in [5.41, 5.74) is -2.19. The first-order valence-corrected chi connectivity index (χ1v) is 10.2. The van der Waals surface area contributed by atoms with Crippen molar-refractivity contribution < 1.29 is 27.6 Å². The summed E-state index contributed by atoms with van der Waals surface area (Å²) < 4.78 is 38.5. The average Bonchev–Trinajstić information content (AvgIpc) is 3.00. The molecule has 0 aliphatic heterocycles. The molecule has 2 N–H and O–H groups in total. The quantitative estimate of drug-likeness (QED) is 0.418. The van der Waals surface area contributed by atoms with Crippen molar-refractivity contribution in [1.82, 2.24) is 10.6 Å². The largest absolute Gasteiger partial charge is 0.416 e. The van der Waals surface area contributed by atoms with Crippen molar-refractivity contribution in [3.05, 3.63) is 106 Å². The van der Waals surface area contributed by atoms with Crippen LogP contribution < -0.4 is 10.6 Å². The molecule has 0 fully saturated rings. The molecule has 33 heavy (non-hydrogen) atoms.